The lowest BCUT2D eigenvalue weighted by Gasteiger charge is -2.16. The molecule has 1 aromatic carbocycles. The Morgan fingerprint density at radius 1 is 1.27 bits per heavy atom. The van der Waals surface area contributed by atoms with Gasteiger partial charge in [-0.25, -0.2) is 4.79 Å². The summed E-state index contributed by atoms with van der Waals surface area (Å²) in [5.41, 5.74) is 0.823. The van der Waals surface area contributed by atoms with Crippen molar-refractivity contribution in [1.29, 1.82) is 0 Å². The van der Waals surface area contributed by atoms with Crippen LogP contribution in [0.15, 0.2) is 24.3 Å². The highest BCUT2D eigenvalue weighted by Gasteiger charge is 2.22. The first kappa shape index (κ1) is 18.4. The van der Waals surface area contributed by atoms with Gasteiger partial charge in [0.15, 0.2) is 0 Å². The quantitative estimate of drug-likeness (QED) is 0.544. The van der Waals surface area contributed by atoms with E-state index in [4.69, 9.17) is 25.8 Å². The molecule has 0 saturated carbocycles. The van der Waals surface area contributed by atoms with Crippen LogP contribution in [0.2, 0.25) is 5.02 Å². The molecule has 6 nitrogen and oxygen atoms in total. The van der Waals surface area contributed by atoms with Crippen LogP contribution in [0.1, 0.15) is 5.56 Å². The summed E-state index contributed by atoms with van der Waals surface area (Å²) in [5.74, 6) is -0.918. The molecule has 122 valence electrons. The maximum absolute atomic E-state index is 11.8. The van der Waals surface area contributed by atoms with Gasteiger partial charge in [-0.3, -0.25) is 4.79 Å². The Morgan fingerprint density at radius 3 is 2.68 bits per heavy atom. The smallest absolute Gasteiger partial charge is 0.328 e. The summed E-state index contributed by atoms with van der Waals surface area (Å²) in [5, 5.41) is 3.16. The minimum atomic E-state index is -0.790. The van der Waals surface area contributed by atoms with Crippen LogP contribution in [0, 0.1) is 0 Å². The molecule has 7 heteroatoms. The summed E-state index contributed by atoms with van der Waals surface area (Å²) in [6.45, 7) is 0.559. The largest absolute Gasteiger partial charge is 0.467 e. The Kier molecular flexibility index (Phi) is 8.50. The monoisotopic (exact) mass is 329 g/mol. The standard InChI is InChI=1S/C15H20ClNO5/c1-20-6-7-22-10-14(18)17-13(15(19)21-2)9-11-4-3-5-12(16)8-11/h3-5,8,13H,6-7,9-10H2,1-2H3,(H,17,18)/t13-/m1/s1. The van der Waals surface area contributed by atoms with Gasteiger partial charge in [-0.2, -0.15) is 0 Å². The van der Waals surface area contributed by atoms with E-state index in [1.165, 1.54) is 7.11 Å². The van der Waals surface area contributed by atoms with Crippen molar-refractivity contribution in [1.82, 2.24) is 5.32 Å². The van der Waals surface area contributed by atoms with Crippen LogP contribution >= 0.6 is 11.6 Å². The van der Waals surface area contributed by atoms with Gasteiger partial charge in [0.1, 0.15) is 12.6 Å². The van der Waals surface area contributed by atoms with Gasteiger partial charge in [0.2, 0.25) is 5.91 Å². The lowest BCUT2D eigenvalue weighted by molar-refractivity contribution is -0.145. The number of esters is 1. The molecule has 0 unspecified atom stereocenters. The van der Waals surface area contributed by atoms with Gasteiger partial charge in [-0.15, -0.1) is 0 Å². The third-order valence-electron chi connectivity index (χ3n) is 2.81. The minimum Gasteiger partial charge on any atom is -0.467 e. The van der Waals surface area contributed by atoms with Gasteiger partial charge in [-0.05, 0) is 17.7 Å². The highest BCUT2D eigenvalue weighted by Crippen LogP contribution is 2.12. The van der Waals surface area contributed by atoms with E-state index in [0.29, 0.717) is 18.2 Å². The summed E-state index contributed by atoms with van der Waals surface area (Å²) in [4.78, 5) is 23.6. The Balaban J connectivity index is 2.57. The molecule has 0 heterocycles. The Hall–Kier alpha value is -1.63. The third-order valence-corrected chi connectivity index (χ3v) is 3.05. The van der Waals surface area contributed by atoms with Gasteiger partial charge in [0.05, 0.1) is 20.3 Å². The molecule has 0 aliphatic carbocycles. The average Bonchev–Trinajstić information content (AvgIpc) is 2.50. The normalized spacial score (nSPS) is 11.8. The predicted octanol–water partition coefficient (Wildman–Crippen LogP) is 1.20. The zero-order valence-corrected chi connectivity index (χ0v) is 13.4. The first-order chi connectivity index (χ1) is 10.6. The number of hydrogen-bond acceptors (Lipinski definition) is 5. The van der Waals surface area contributed by atoms with Crippen molar-refractivity contribution in [2.45, 2.75) is 12.5 Å². The first-order valence-corrected chi connectivity index (χ1v) is 7.13. The van der Waals surface area contributed by atoms with Crippen LogP contribution in [-0.4, -0.2) is 52.0 Å². The second-order valence-corrected chi connectivity index (χ2v) is 4.96. The summed E-state index contributed by atoms with van der Waals surface area (Å²) in [6, 6.07) is 6.28. The molecule has 0 fully saturated rings. The van der Waals surface area contributed by atoms with E-state index >= 15 is 0 Å². The van der Waals surface area contributed by atoms with E-state index in [2.05, 4.69) is 5.32 Å². The van der Waals surface area contributed by atoms with Crippen molar-refractivity contribution >= 4 is 23.5 Å². The van der Waals surface area contributed by atoms with E-state index in [0.717, 1.165) is 5.56 Å². The number of halogens is 1. The third kappa shape index (κ3) is 6.89. The Bertz CT molecular complexity index is 495. The van der Waals surface area contributed by atoms with Gasteiger partial charge in [0.25, 0.3) is 0 Å². The van der Waals surface area contributed by atoms with Crippen LogP contribution in [0.25, 0.3) is 0 Å². The number of methoxy groups -OCH3 is 2. The van der Waals surface area contributed by atoms with Crippen molar-refractivity contribution in [3.05, 3.63) is 34.9 Å². The van der Waals surface area contributed by atoms with Crippen LogP contribution in [0.4, 0.5) is 0 Å². The lowest BCUT2D eigenvalue weighted by atomic mass is 10.1. The number of ether oxygens (including phenoxy) is 3. The molecule has 22 heavy (non-hydrogen) atoms. The highest BCUT2D eigenvalue weighted by molar-refractivity contribution is 6.30. The summed E-state index contributed by atoms with van der Waals surface area (Å²) in [6.07, 6.45) is 0.289. The molecule has 1 atom stereocenters. The van der Waals surface area contributed by atoms with E-state index in [9.17, 15) is 9.59 Å². The highest BCUT2D eigenvalue weighted by atomic mass is 35.5. The van der Waals surface area contributed by atoms with Crippen LogP contribution in [0.5, 0.6) is 0 Å². The molecular formula is C15H20ClNO5. The minimum absolute atomic E-state index is 0.146. The number of amides is 1. The molecule has 0 bridgehead atoms. The van der Waals surface area contributed by atoms with E-state index in [1.807, 2.05) is 6.07 Å². The molecule has 1 aromatic rings. The van der Waals surface area contributed by atoms with Crippen LogP contribution < -0.4 is 5.32 Å². The molecule has 0 radical (unpaired) electrons. The fraction of sp³-hybridized carbons (Fsp3) is 0.467. The number of carbonyl (C=O) groups excluding carboxylic acids is 2. The second-order valence-electron chi connectivity index (χ2n) is 4.52. The fourth-order valence-electron chi connectivity index (χ4n) is 1.78. The molecule has 0 saturated heterocycles. The summed E-state index contributed by atoms with van der Waals surface area (Å²) >= 11 is 5.91. The molecule has 1 amide bonds. The topological polar surface area (TPSA) is 73.9 Å². The van der Waals surface area contributed by atoms with Gasteiger partial charge >= 0.3 is 5.97 Å². The van der Waals surface area contributed by atoms with Crippen LogP contribution in [-0.2, 0) is 30.2 Å². The van der Waals surface area contributed by atoms with E-state index in [-0.39, 0.29) is 13.0 Å². The van der Waals surface area contributed by atoms with Crippen molar-refractivity contribution in [3.63, 3.8) is 0 Å². The second kappa shape index (κ2) is 10.2. The van der Waals surface area contributed by atoms with Crippen molar-refractivity contribution < 1.29 is 23.8 Å². The maximum atomic E-state index is 11.8. The summed E-state index contributed by atoms with van der Waals surface area (Å²) < 4.78 is 14.6. The SMILES string of the molecule is COCCOCC(=O)N[C@H](Cc1cccc(Cl)c1)C(=O)OC. The number of benzene rings is 1. The molecule has 0 aliphatic rings. The zero-order chi connectivity index (χ0) is 16.4. The molecular weight excluding hydrogens is 310 g/mol. The van der Waals surface area contributed by atoms with Crippen LogP contribution in [0.3, 0.4) is 0 Å². The first-order valence-electron chi connectivity index (χ1n) is 6.75. The van der Waals surface area contributed by atoms with Crippen molar-refractivity contribution in [3.8, 4) is 0 Å². The predicted molar refractivity (Wildman–Crippen MR) is 81.8 cm³/mol. The number of carbonyl (C=O) groups is 2. The lowest BCUT2D eigenvalue weighted by Crippen LogP contribution is -2.44. The van der Waals surface area contributed by atoms with Crippen molar-refractivity contribution in [2.75, 3.05) is 34.0 Å². The number of rotatable bonds is 9. The molecule has 0 aromatic heterocycles. The maximum Gasteiger partial charge on any atom is 0.328 e. The average molecular weight is 330 g/mol. The van der Waals surface area contributed by atoms with Gasteiger partial charge < -0.3 is 19.5 Å². The number of hydrogen-bond donors (Lipinski definition) is 1. The number of nitrogens with one attached hydrogen (secondary N) is 1. The zero-order valence-electron chi connectivity index (χ0n) is 12.6. The molecule has 1 N–H and O–H groups in total. The van der Waals surface area contributed by atoms with E-state index in [1.54, 1.807) is 25.3 Å². The Morgan fingerprint density at radius 2 is 2.05 bits per heavy atom. The fourth-order valence-corrected chi connectivity index (χ4v) is 1.99. The van der Waals surface area contributed by atoms with Gasteiger partial charge in [0, 0.05) is 18.6 Å². The molecule has 1 rings (SSSR count). The van der Waals surface area contributed by atoms with E-state index < -0.39 is 17.9 Å². The van der Waals surface area contributed by atoms with Crippen molar-refractivity contribution in [2.24, 2.45) is 0 Å². The molecule has 0 spiro atoms. The Labute approximate surface area is 134 Å². The molecule has 0 aliphatic heterocycles. The summed E-state index contributed by atoms with van der Waals surface area (Å²) in [7, 11) is 2.82. The van der Waals surface area contributed by atoms with Gasteiger partial charge in [-0.1, -0.05) is 23.7 Å².